The maximum Gasteiger partial charge on any atom is 0.354 e. The first kappa shape index (κ1) is 17.9. The zero-order valence-electron chi connectivity index (χ0n) is 12.6. The van der Waals surface area contributed by atoms with Crippen LogP contribution in [0.15, 0.2) is 27.2 Å². The predicted molar refractivity (Wildman–Crippen MR) is 92.9 cm³/mol. The zero-order valence-corrected chi connectivity index (χ0v) is 14.2. The Kier molecular flexibility index (Phi) is 5.93. The normalized spacial score (nSPS) is 19.9. The number of aliphatic carboxylic acids is 1. The molecule has 2 heterocycles. The summed E-state index contributed by atoms with van der Waals surface area (Å²) in [6.45, 7) is 1.84. The summed E-state index contributed by atoms with van der Waals surface area (Å²) in [6, 6.07) is 0. The van der Waals surface area contributed by atoms with Crippen molar-refractivity contribution < 1.29 is 19.9 Å². The molecule has 1 aliphatic rings. The van der Waals surface area contributed by atoms with Crippen molar-refractivity contribution in [2.24, 2.45) is 10.1 Å². The Morgan fingerprint density at radius 2 is 2.33 bits per heavy atom. The first-order chi connectivity index (χ1) is 11.5. The molecule has 1 aromatic rings. The van der Waals surface area contributed by atoms with Crippen LogP contribution in [-0.2, 0) is 9.59 Å². The summed E-state index contributed by atoms with van der Waals surface area (Å²) in [4.78, 5) is 31.3. The summed E-state index contributed by atoms with van der Waals surface area (Å²) in [5.74, 6) is -1.26. The van der Waals surface area contributed by atoms with Gasteiger partial charge >= 0.3 is 5.97 Å². The number of aliphatic imine (C=N–C) groups is 1. The average Bonchev–Trinajstić information content (AvgIpc) is 2.99. The van der Waals surface area contributed by atoms with Crippen molar-refractivity contribution in [1.29, 1.82) is 0 Å². The summed E-state index contributed by atoms with van der Waals surface area (Å²) >= 11 is 2.52. The summed E-state index contributed by atoms with van der Waals surface area (Å²) in [5.41, 5.74) is 6.03. The minimum Gasteiger partial charge on any atom is -0.477 e. The van der Waals surface area contributed by atoms with E-state index in [2.05, 4.69) is 20.4 Å². The molecule has 9 nitrogen and oxygen atoms in total. The lowest BCUT2D eigenvalue weighted by atomic mass is 10.1. The summed E-state index contributed by atoms with van der Waals surface area (Å²) in [5, 5.41) is 25.0. The molecule has 0 aromatic carbocycles. The van der Waals surface area contributed by atoms with Crippen molar-refractivity contribution in [3.05, 3.63) is 22.7 Å². The molecule has 5 N–H and O–H groups in total. The quantitative estimate of drug-likeness (QED) is 0.336. The van der Waals surface area contributed by atoms with Gasteiger partial charge in [-0.3, -0.25) is 9.79 Å². The molecule has 24 heavy (non-hydrogen) atoms. The molecule has 1 aromatic heterocycles. The van der Waals surface area contributed by atoms with Crippen LogP contribution in [0.25, 0.3) is 0 Å². The highest BCUT2D eigenvalue weighted by atomic mass is 32.2. The maximum absolute atomic E-state index is 12.1. The highest BCUT2D eigenvalue weighted by molar-refractivity contribution is 8.00. The topological polar surface area (TPSA) is 150 Å². The van der Waals surface area contributed by atoms with Gasteiger partial charge in [-0.2, -0.15) is 0 Å². The van der Waals surface area contributed by atoms with Gasteiger partial charge < -0.3 is 21.4 Å². The van der Waals surface area contributed by atoms with Gasteiger partial charge in [0, 0.05) is 17.7 Å². The van der Waals surface area contributed by atoms with Gasteiger partial charge in [-0.15, -0.1) is 23.1 Å². The predicted octanol–water partition coefficient (Wildman–Crippen LogP) is 0.565. The van der Waals surface area contributed by atoms with Crippen molar-refractivity contribution in [2.75, 3.05) is 18.0 Å². The molecule has 1 atom stereocenters. The minimum atomic E-state index is -1.10. The monoisotopic (exact) mass is 369 g/mol. The third kappa shape index (κ3) is 4.11. The van der Waals surface area contributed by atoms with Gasteiger partial charge in [-0.25, -0.2) is 9.78 Å². The van der Waals surface area contributed by atoms with Crippen LogP contribution in [0.2, 0.25) is 0 Å². The molecule has 0 unspecified atom stereocenters. The maximum atomic E-state index is 12.1. The van der Waals surface area contributed by atoms with Gasteiger partial charge in [0.15, 0.2) is 10.8 Å². The van der Waals surface area contributed by atoms with Crippen molar-refractivity contribution in [1.82, 2.24) is 10.3 Å². The van der Waals surface area contributed by atoms with Crippen molar-refractivity contribution in [2.45, 2.75) is 12.3 Å². The largest absolute Gasteiger partial charge is 0.477 e. The van der Waals surface area contributed by atoms with E-state index in [1.165, 1.54) is 17.1 Å². The number of oxime groups is 1. The van der Waals surface area contributed by atoms with Gasteiger partial charge in [-0.1, -0.05) is 11.2 Å². The number of carbonyl (C=O) groups is 2. The van der Waals surface area contributed by atoms with E-state index in [1.807, 2.05) is 0 Å². The molecule has 0 saturated carbocycles. The fourth-order valence-electron chi connectivity index (χ4n) is 1.91. The van der Waals surface area contributed by atoms with Crippen LogP contribution in [0, 0.1) is 0 Å². The van der Waals surface area contributed by atoms with E-state index < -0.39 is 17.3 Å². The number of rotatable bonds is 5. The molecule has 0 bridgehead atoms. The number of aromatic nitrogens is 1. The highest BCUT2D eigenvalue weighted by Crippen LogP contribution is 2.23. The van der Waals surface area contributed by atoms with E-state index in [0.29, 0.717) is 11.3 Å². The number of carboxylic acids is 1. The Hall–Kier alpha value is -2.40. The first-order valence-electron chi connectivity index (χ1n) is 6.76. The second-order valence-corrected chi connectivity index (χ2v) is 6.65. The fourth-order valence-corrected chi connectivity index (χ4v) is 3.51. The Morgan fingerprint density at radius 3 is 2.88 bits per heavy atom. The summed E-state index contributed by atoms with van der Waals surface area (Å²) in [6.07, 6.45) is 1.71. The van der Waals surface area contributed by atoms with Crippen LogP contribution in [0.1, 0.15) is 12.6 Å². The summed E-state index contributed by atoms with van der Waals surface area (Å²) < 4.78 is 0. The van der Waals surface area contributed by atoms with E-state index in [0.717, 1.165) is 11.3 Å². The van der Waals surface area contributed by atoms with Gasteiger partial charge in [0.05, 0.1) is 0 Å². The number of carboxylic acid groups (broad SMARTS) is 1. The van der Waals surface area contributed by atoms with Crippen LogP contribution in [0.5, 0.6) is 0 Å². The van der Waals surface area contributed by atoms with Crippen LogP contribution in [-0.4, -0.2) is 56.3 Å². The number of anilines is 1. The molecule has 0 fully saturated rings. The lowest BCUT2D eigenvalue weighted by molar-refractivity contribution is -0.129. The zero-order chi connectivity index (χ0) is 17.7. The molecule has 2 rings (SSSR count). The number of carbonyl (C=O) groups excluding carboxylic acids is 1. The van der Waals surface area contributed by atoms with Gasteiger partial charge in [-0.05, 0) is 12.5 Å². The van der Waals surface area contributed by atoms with E-state index in [1.54, 1.807) is 13.0 Å². The van der Waals surface area contributed by atoms with E-state index in [9.17, 15) is 14.7 Å². The second kappa shape index (κ2) is 7.93. The molecule has 0 spiro atoms. The molecule has 11 heteroatoms. The number of thiazole rings is 1. The Morgan fingerprint density at radius 1 is 1.58 bits per heavy atom. The molecule has 128 valence electrons. The number of allylic oxidation sites excluding steroid dienone is 1. The number of nitrogens with zero attached hydrogens (tertiary/aromatic N) is 3. The van der Waals surface area contributed by atoms with E-state index in [-0.39, 0.29) is 28.8 Å². The van der Waals surface area contributed by atoms with Crippen LogP contribution in [0.4, 0.5) is 5.13 Å². The smallest absolute Gasteiger partial charge is 0.354 e. The van der Waals surface area contributed by atoms with E-state index in [4.69, 9.17) is 10.9 Å². The highest BCUT2D eigenvalue weighted by Gasteiger charge is 2.25. The molecular formula is C13H15N5O4S2. The molecule has 0 radical (unpaired) electrons. The van der Waals surface area contributed by atoms with Crippen LogP contribution in [0.3, 0.4) is 0 Å². The Bertz CT molecular complexity index is 740. The fraction of sp³-hybridized carbons (Fsp3) is 0.308. The van der Waals surface area contributed by atoms with Crippen molar-refractivity contribution in [3.8, 4) is 0 Å². The minimum absolute atomic E-state index is 0.00109. The third-order valence-electron chi connectivity index (χ3n) is 3.08. The first-order valence-corrected chi connectivity index (χ1v) is 8.69. The number of thioether (sulfide) groups is 1. The Labute approximate surface area is 145 Å². The van der Waals surface area contributed by atoms with Gasteiger partial charge in [0.2, 0.25) is 0 Å². The molecule has 1 amide bonds. The molecular weight excluding hydrogens is 354 g/mol. The van der Waals surface area contributed by atoms with Crippen LogP contribution >= 0.6 is 23.1 Å². The second-order valence-electron chi connectivity index (χ2n) is 4.59. The van der Waals surface area contributed by atoms with Crippen LogP contribution < -0.4 is 11.1 Å². The number of hydrogen-bond acceptors (Lipinski definition) is 9. The Balaban J connectivity index is 2.03. The number of nitrogens with one attached hydrogen (secondary N) is 1. The number of hydrogen-bond donors (Lipinski definition) is 4. The van der Waals surface area contributed by atoms with Crippen molar-refractivity contribution in [3.63, 3.8) is 0 Å². The van der Waals surface area contributed by atoms with E-state index >= 15 is 0 Å². The summed E-state index contributed by atoms with van der Waals surface area (Å²) in [7, 11) is 0. The SMILES string of the molecule is C/C=C1\CS[C@H](CNC(=O)/C(=N\O)c2csc(N)n2)N=C1C(=O)O. The van der Waals surface area contributed by atoms with Crippen molar-refractivity contribution >= 4 is 51.5 Å². The lowest BCUT2D eigenvalue weighted by Crippen LogP contribution is -2.38. The van der Waals surface area contributed by atoms with Gasteiger partial charge in [0.1, 0.15) is 16.8 Å². The standard InChI is InChI=1S/C13H15N5O4S2/c1-2-6-4-23-8(17-9(6)12(20)21)3-15-11(19)10(18-22)7-5-24-13(14)16-7/h2,5,8,22H,3-4H2,1H3,(H2,14,16)(H,15,19)(H,20,21)/b6-2+,18-10-/t8-/m1/s1. The van der Waals surface area contributed by atoms with Gasteiger partial charge in [0.25, 0.3) is 5.91 Å². The molecule has 0 aliphatic carbocycles. The average molecular weight is 369 g/mol. The molecule has 1 aliphatic heterocycles. The lowest BCUT2D eigenvalue weighted by Gasteiger charge is -2.20. The number of nitrogens with two attached hydrogens (primary N) is 1. The third-order valence-corrected chi connectivity index (χ3v) is 4.88. The molecule has 0 saturated heterocycles. The number of amides is 1. The number of nitrogen functional groups attached to an aromatic ring is 1.